The largest absolute Gasteiger partial charge is 0.310 e. The molecule has 0 amide bonds. The van der Waals surface area contributed by atoms with E-state index in [0.29, 0.717) is 0 Å². The molecule has 33 heavy (non-hydrogen) atoms. The van der Waals surface area contributed by atoms with Crippen LogP contribution in [-0.4, -0.2) is 0 Å². The number of nitrogens with zero attached hydrogens (tertiary/aromatic N) is 1. The lowest BCUT2D eigenvalue weighted by Gasteiger charge is -2.25. The standard InChI is InChI=1S/C30H20ClNS/c31-22-18-26(21-10-4-1-5-11-21)30-27-20-25(16-17-28(27)33-29(30)19-22)32(23-12-6-2-7-13-23)24-14-8-3-9-15-24/h1-20H. The van der Waals surface area contributed by atoms with Crippen LogP contribution in [0.5, 0.6) is 0 Å². The third kappa shape index (κ3) is 3.68. The molecule has 0 unspecified atom stereocenters. The molecule has 0 radical (unpaired) electrons. The van der Waals surface area contributed by atoms with Gasteiger partial charge in [0.05, 0.1) is 0 Å². The second-order valence-corrected chi connectivity index (χ2v) is 9.50. The van der Waals surface area contributed by atoms with Crippen molar-refractivity contribution >= 4 is 60.2 Å². The van der Waals surface area contributed by atoms with Gasteiger partial charge in [0.2, 0.25) is 0 Å². The Bertz CT molecular complexity index is 1520. The Morgan fingerprint density at radius 2 is 1.15 bits per heavy atom. The van der Waals surface area contributed by atoms with Crippen molar-refractivity contribution in [2.24, 2.45) is 0 Å². The maximum absolute atomic E-state index is 6.54. The summed E-state index contributed by atoms with van der Waals surface area (Å²) in [6.45, 7) is 0. The molecule has 0 aliphatic heterocycles. The highest BCUT2D eigenvalue weighted by molar-refractivity contribution is 7.26. The van der Waals surface area contributed by atoms with Crippen molar-refractivity contribution in [1.29, 1.82) is 0 Å². The number of benzene rings is 5. The molecule has 0 aliphatic carbocycles. The summed E-state index contributed by atoms with van der Waals surface area (Å²) >= 11 is 8.34. The fraction of sp³-hybridized carbons (Fsp3) is 0. The molecule has 0 aliphatic rings. The molecule has 1 heterocycles. The summed E-state index contributed by atoms with van der Waals surface area (Å²) in [4.78, 5) is 2.31. The van der Waals surface area contributed by atoms with Gasteiger partial charge in [0.25, 0.3) is 0 Å². The van der Waals surface area contributed by atoms with Crippen LogP contribution in [0, 0.1) is 0 Å². The van der Waals surface area contributed by atoms with Crippen LogP contribution in [0.2, 0.25) is 5.02 Å². The van der Waals surface area contributed by atoms with Gasteiger partial charge >= 0.3 is 0 Å². The summed E-state index contributed by atoms with van der Waals surface area (Å²) in [5.74, 6) is 0. The molecule has 3 heteroatoms. The van der Waals surface area contributed by atoms with Gasteiger partial charge in [-0.05, 0) is 65.7 Å². The van der Waals surface area contributed by atoms with Gasteiger partial charge in [0, 0.05) is 42.3 Å². The van der Waals surface area contributed by atoms with Crippen LogP contribution in [0.15, 0.2) is 121 Å². The van der Waals surface area contributed by atoms with E-state index in [1.807, 2.05) is 6.07 Å². The van der Waals surface area contributed by atoms with E-state index in [0.717, 1.165) is 22.1 Å². The van der Waals surface area contributed by atoms with Crippen molar-refractivity contribution in [3.8, 4) is 11.1 Å². The average molecular weight is 462 g/mol. The Morgan fingerprint density at radius 1 is 0.545 bits per heavy atom. The Kier molecular flexibility index (Phi) is 5.10. The van der Waals surface area contributed by atoms with E-state index in [1.165, 1.54) is 31.3 Å². The molecular weight excluding hydrogens is 442 g/mol. The number of hydrogen-bond acceptors (Lipinski definition) is 2. The number of fused-ring (bicyclic) bond motifs is 3. The highest BCUT2D eigenvalue weighted by Gasteiger charge is 2.16. The van der Waals surface area contributed by atoms with E-state index in [9.17, 15) is 0 Å². The molecule has 1 nitrogen and oxygen atoms in total. The molecular formula is C30H20ClNS. The molecule has 0 saturated carbocycles. The summed E-state index contributed by atoms with van der Waals surface area (Å²) in [6, 6.07) is 42.5. The van der Waals surface area contributed by atoms with Crippen LogP contribution in [0.25, 0.3) is 31.3 Å². The van der Waals surface area contributed by atoms with E-state index in [1.54, 1.807) is 11.3 Å². The zero-order valence-corrected chi connectivity index (χ0v) is 19.4. The molecule has 0 spiro atoms. The summed E-state index contributed by atoms with van der Waals surface area (Å²) in [7, 11) is 0. The molecule has 1 aromatic heterocycles. The summed E-state index contributed by atoms with van der Waals surface area (Å²) < 4.78 is 2.47. The topological polar surface area (TPSA) is 3.24 Å². The van der Waals surface area contributed by atoms with Gasteiger partial charge in [-0.2, -0.15) is 0 Å². The first-order valence-corrected chi connectivity index (χ1v) is 12.1. The fourth-order valence-corrected chi connectivity index (χ4v) is 5.88. The van der Waals surface area contributed by atoms with Crippen LogP contribution < -0.4 is 4.90 Å². The molecule has 0 saturated heterocycles. The Labute approximate surface area is 202 Å². The number of rotatable bonds is 4. The van der Waals surface area contributed by atoms with E-state index in [4.69, 9.17) is 11.6 Å². The smallest absolute Gasteiger partial charge is 0.0468 e. The highest BCUT2D eigenvalue weighted by Crippen LogP contribution is 2.44. The van der Waals surface area contributed by atoms with Gasteiger partial charge in [0.15, 0.2) is 0 Å². The lowest BCUT2D eigenvalue weighted by molar-refractivity contribution is 1.29. The molecule has 5 aromatic carbocycles. The lowest BCUT2D eigenvalue weighted by atomic mass is 9.99. The minimum absolute atomic E-state index is 0.767. The summed E-state index contributed by atoms with van der Waals surface area (Å²) in [5.41, 5.74) is 5.75. The third-order valence-electron chi connectivity index (χ3n) is 5.89. The fourth-order valence-electron chi connectivity index (χ4n) is 4.45. The van der Waals surface area contributed by atoms with E-state index >= 15 is 0 Å². The second kappa shape index (κ2) is 8.40. The summed E-state index contributed by atoms with van der Waals surface area (Å²) in [5, 5.41) is 3.27. The molecule has 0 fully saturated rings. The predicted molar refractivity (Wildman–Crippen MR) is 144 cm³/mol. The van der Waals surface area contributed by atoms with Crippen molar-refractivity contribution < 1.29 is 0 Å². The van der Waals surface area contributed by atoms with Crippen LogP contribution in [0.4, 0.5) is 17.1 Å². The van der Waals surface area contributed by atoms with Crippen LogP contribution in [0.3, 0.4) is 0 Å². The van der Waals surface area contributed by atoms with Gasteiger partial charge in [-0.15, -0.1) is 11.3 Å². The maximum Gasteiger partial charge on any atom is 0.0468 e. The molecule has 6 aromatic rings. The molecule has 158 valence electrons. The monoisotopic (exact) mass is 461 g/mol. The minimum atomic E-state index is 0.767. The SMILES string of the molecule is Clc1cc(-c2ccccc2)c2c(c1)sc1ccc(N(c3ccccc3)c3ccccc3)cc12. The number of hydrogen-bond donors (Lipinski definition) is 0. The van der Waals surface area contributed by atoms with Gasteiger partial charge < -0.3 is 4.90 Å². The number of thiophene rings is 1. The highest BCUT2D eigenvalue weighted by atomic mass is 35.5. The second-order valence-electron chi connectivity index (χ2n) is 7.98. The number of anilines is 3. The Morgan fingerprint density at radius 3 is 1.79 bits per heavy atom. The van der Waals surface area contributed by atoms with Crippen molar-refractivity contribution in [2.45, 2.75) is 0 Å². The molecule has 6 rings (SSSR count). The van der Waals surface area contributed by atoms with E-state index in [2.05, 4.69) is 120 Å². The zero-order valence-electron chi connectivity index (χ0n) is 17.8. The normalized spacial score (nSPS) is 11.2. The van der Waals surface area contributed by atoms with Crippen LogP contribution >= 0.6 is 22.9 Å². The zero-order chi connectivity index (χ0) is 22.2. The van der Waals surface area contributed by atoms with Crippen molar-refractivity contribution in [3.05, 3.63) is 126 Å². The number of para-hydroxylation sites is 2. The molecule has 0 bridgehead atoms. The van der Waals surface area contributed by atoms with Crippen molar-refractivity contribution in [2.75, 3.05) is 4.90 Å². The lowest BCUT2D eigenvalue weighted by Crippen LogP contribution is -2.09. The van der Waals surface area contributed by atoms with Crippen LogP contribution in [-0.2, 0) is 0 Å². The summed E-state index contributed by atoms with van der Waals surface area (Å²) in [6.07, 6.45) is 0. The first-order valence-electron chi connectivity index (χ1n) is 10.9. The predicted octanol–water partition coefficient (Wildman–Crippen LogP) is 9.84. The Balaban J connectivity index is 1.62. The van der Waals surface area contributed by atoms with Gasteiger partial charge in [0.1, 0.15) is 0 Å². The molecule has 0 N–H and O–H groups in total. The van der Waals surface area contributed by atoms with Crippen molar-refractivity contribution in [1.82, 2.24) is 0 Å². The van der Waals surface area contributed by atoms with E-state index in [-0.39, 0.29) is 0 Å². The average Bonchev–Trinajstić information content (AvgIpc) is 3.23. The molecule has 0 atom stereocenters. The van der Waals surface area contributed by atoms with Gasteiger partial charge in [-0.25, -0.2) is 0 Å². The number of halogens is 1. The van der Waals surface area contributed by atoms with Crippen molar-refractivity contribution in [3.63, 3.8) is 0 Å². The quantitative estimate of drug-likeness (QED) is 0.252. The minimum Gasteiger partial charge on any atom is -0.310 e. The Hall–Kier alpha value is -3.59. The van der Waals surface area contributed by atoms with Gasteiger partial charge in [-0.3, -0.25) is 0 Å². The maximum atomic E-state index is 6.54. The van der Waals surface area contributed by atoms with Gasteiger partial charge in [-0.1, -0.05) is 78.3 Å². The third-order valence-corrected chi connectivity index (χ3v) is 7.23. The van der Waals surface area contributed by atoms with E-state index < -0.39 is 0 Å². The first-order chi connectivity index (χ1) is 16.3. The first kappa shape index (κ1) is 20.0. The van der Waals surface area contributed by atoms with Crippen LogP contribution in [0.1, 0.15) is 0 Å².